The van der Waals surface area contributed by atoms with Crippen LogP contribution < -0.4 is 10.7 Å². The van der Waals surface area contributed by atoms with Crippen molar-refractivity contribution in [3.05, 3.63) is 63.1 Å². The molecule has 1 saturated carbocycles. The van der Waals surface area contributed by atoms with Crippen LogP contribution in [0.5, 0.6) is 5.75 Å². The number of benzene rings is 1. The summed E-state index contributed by atoms with van der Waals surface area (Å²) in [6.45, 7) is -0.108. The molecule has 162 valence electrons. The van der Waals surface area contributed by atoms with Gasteiger partial charge >= 0.3 is 0 Å². The third-order valence-corrected chi connectivity index (χ3v) is 6.16. The van der Waals surface area contributed by atoms with E-state index in [2.05, 4.69) is 5.32 Å². The number of halogens is 2. The lowest BCUT2D eigenvalue weighted by atomic mass is 10.1. The molecule has 8 nitrogen and oxygen atoms in total. The first-order chi connectivity index (χ1) is 14.8. The molecule has 0 radical (unpaired) electrons. The van der Waals surface area contributed by atoms with Gasteiger partial charge in [0.05, 0.1) is 12.6 Å². The van der Waals surface area contributed by atoms with Gasteiger partial charge in [-0.25, -0.2) is 8.78 Å². The van der Waals surface area contributed by atoms with E-state index in [1.54, 1.807) is 4.90 Å². The van der Waals surface area contributed by atoms with Crippen LogP contribution >= 0.6 is 0 Å². The number of rotatable bonds is 3. The van der Waals surface area contributed by atoms with Crippen LogP contribution in [-0.2, 0) is 17.8 Å². The Morgan fingerprint density at radius 1 is 1.26 bits per heavy atom. The Hall–Kier alpha value is -3.27. The quantitative estimate of drug-likeness (QED) is 0.767. The first-order valence-corrected chi connectivity index (χ1v) is 10.00. The third kappa shape index (κ3) is 3.18. The standard InChI is InChI=1S/C21H19F2N3O5/c22-11-2-1-10(15(23)5-11)7-24-20(29)14-8-25-9-16-26(12-3-4-13(6-12)31-16)21(30)17(25)19(28)18(14)27/h1-2,5,8,12-13,16,28H,3-4,6-7,9H2,(H,24,29)/t12-,13+,16?/m0/s1. The highest BCUT2D eigenvalue weighted by atomic mass is 19.1. The van der Waals surface area contributed by atoms with Crippen LogP contribution in [0.25, 0.3) is 0 Å². The van der Waals surface area contributed by atoms with Crippen molar-refractivity contribution in [2.45, 2.75) is 50.7 Å². The predicted molar refractivity (Wildman–Crippen MR) is 102 cm³/mol. The molecule has 3 atom stereocenters. The van der Waals surface area contributed by atoms with Crippen molar-refractivity contribution in [1.29, 1.82) is 0 Å². The number of fused-ring (bicyclic) bond motifs is 5. The van der Waals surface area contributed by atoms with E-state index >= 15 is 0 Å². The number of hydrogen-bond acceptors (Lipinski definition) is 5. The fourth-order valence-corrected chi connectivity index (χ4v) is 4.65. The number of hydrogen-bond donors (Lipinski definition) is 2. The van der Waals surface area contributed by atoms with Gasteiger partial charge in [0.15, 0.2) is 17.7 Å². The molecule has 31 heavy (non-hydrogen) atoms. The van der Waals surface area contributed by atoms with Crippen molar-refractivity contribution >= 4 is 11.8 Å². The zero-order chi connectivity index (χ0) is 21.9. The predicted octanol–water partition coefficient (Wildman–Crippen LogP) is 1.50. The van der Waals surface area contributed by atoms with E-state index in [9.17, 15) is 28.3 Å². The SMILES string of the molecule is O=C(NCc1ccc(F)cc1F)c1cn2c(c(O)c1=O)C(=O)N1C(C2)O[C@@H]2CC[C@H]1C2. The first-order valence-electron chi connectivity index (χ1n) is 10.00. The highest BCUT2D eigenvalue weighted by Gasteiger charge is 2.47. The van der Waals surface area contributed by atoms with Crippen LogP contribution in [0.15, 0.2) is 29.2 Å². The number of aromatic nitrogens is 1. The van der Waals surface area contributed by atoms with E-state index in [1.807, 2.05) is 0 Å². The molecule has 2 bridgehead atoms. The molecule has 2 fully saturated rings. The summed E-state index contributed by atoms with van der Waals surface area (Å²) in [7, 11) is 0. The van der Waals surface area contributed by atoms with Crippen molar-refractivity contribution in [2.24, 2.45) is 0 Å². The number of nitrogens with zero attached hydrogens (tertiary/aromatic N) is 2. The van der Waals surface area contributed by atoms with E-state index in [-0.39, 0.29) is 42.1 Å². The van der Waals surface area contributed by atoms with Gasteiger partial charge in [-0.3, -0.25) is 14.4 Å². The van der Waals surface area contributed by atoms with Gasteiger partial charge in [0, 0.05) is 30.4 Å². The lowest BCUT2D eigenvalue weighted by molar-refractivity contribution is -0.132. The lowest BCUT2D eigenvalue weighted by Gasteiger charge is -2.44. The number of aromatic hydroxyl groups is 1. The zero-order valence-corrected chi connectivity index (χ0v) is 16.3. The van der Waals surface area contributed by atoms with Gasteiger partial charge in [0.1, 0.15) is 17.2 Å². The maximum atomic E-state index is 13.8. The number of ether oxygens (including phenoxy) is 1. The van der Waals surface area contributed by atoms with Crippen LogP contribution in [0, 0.1) is 11.6 Å². The minimum atomic E-state index is -0.989. The maximum absolute atomic E-state index is 13.8. The number of amides is 2. The van der Waals surface area contributed by atoms with Crippen LogP contribution in [0.2, 0.25) is 0 Å². The Kier molecular flexibility index (Phi) is 4.54. The Balaban J connectivity index is 1.43. The molecule has 3 aliphatic rings. The summed E-state index contributed by atoms with van der Waals surface area (Å²) >= 11 is 0. The molecule has 2 aromatic rings. The summed E-state index contributed by atoms with van der Waals surface area (Å²) in [5.41, 5.74) is -1.51. The average Bonchev–Trinajstić information content (AvgIpc) is 3.10. The van der Waals surface area contributed by atoms with Crippen molar-refractivity contribution in [3.63, 3.8) is 0 Å². The van der Waals surface area contributed by atoms with Gasteiger partial charge in [-0.1, -0.05) is 6.07 Å². The van der Waals surface area contributed by atoms with Crippen molar-refractivity contribution < 1.29 is 28.2 Å². The molecule has 3 heterocycles. The highest BCUT2D eigenvalue weighted by Crippen LogP contribution is 2.38. The average molecular weight is 431 g/mol. The van der Waals surface area contributed by atoms with Gasteiger partial charge in [0.2, 0.25) is 5.43 Å². The van der Waals surface area contributed by atoms with E-state index in [0.29, 0.717) is 6.07 Å². The fourth-order valence-electron chi connectivity index (χ4n) is 4.65. The van der Waals surface area contributed by atoms with Crippen molar-refractivity contribution in [2.75, 3.05) is 0 Å². The first kappa shape index (κ1) is 19.7. The number of nitrogens with one attached hydrogen (secondary N) is 1. The smallest absolute Gasteiger partial charge is 0.276 e. The molecule has 2 amide bonds. The van der Waals surface area contributed by atoms with Gasteiger partial charge in [-0.05, 0) is 25.3 Å². The second-order valence-electron chi connectivity index (χ2n) is 8.03. The fraction of sp³-hybridized carbons (Fsp3) is 0.381. The largest absolute Gasteiger partial charge is 0.503 e. The maximum Gasteiger partial charge on any atom is 0.276 e. The van der Waals surface area contributed by atoms with Crippen molar-refractivity contribution in [1.82, 2.24) is 14.8 Å². The molecular formula is C21H19F2N3O5. The highest BCUT2D eigenvalue weighted by molar-refractivity contribution is 5.99. The minimum absolute atomic E-state index is 0.00748. The Bertz CT molecular complexity index is 1160. The Labute approximate surface area is 175 Å². The third-order valence-electron chi connectivity index (χ3n) is 6.16. The van der Waals surface area contributed by atoms with Crippen LogP contribution in [0.3, 0.4) is 0 Å². The van der Waals surface area contributed by atoms with E-state index in [1.165, 1.54) is 16.8 Å². The molecule has 5 rings (SSSR count). The Morgan fingerprint density at radius 2 is 2.06 bits per heavy atom. The second-order valence-corrected chi connectivity index (χ2v) is 8.03. The van der Waals surface area contributed by atoms with Gasteiger partial charge in [-0.15, -0.1) is 0 Å². The summed E-state index contributed by atoms with van der Waals surface area (Å²) in [6, 6.07) is 2.94. The molecule has 1 aliphatic carbocycles. The Morgan fingerprint density at radius 3 is 2.84 bits per heavy atom. The number of carbonyl (C=O) groups excluding carboxylic acids is 2. The molecule has 0 spiro atoms. The lowest BCUT2D eigenvalue weighted by Crippen LogP contribution is -2.57. The summed E-state index contributed by atoms with van der Waals surface area (Å²) in [4.78, 5) is 39.8. The summed E-state index contributed by atoms with van der Waals surface area (Å²) in [5.74, 6) is -3.73. The monoisotopic (exact) mass is 431 g/mol. The van der Waals surface area contributed by atoms with Crippen LogP contribution in [0.4, 0.5) is 8.78 Å². The molecule has 1 aromatic heterocycles. The summed E-state index contributed by atoms with van der Waals surface area (Å²) in [6.07, 6.45) is 3.13. The molecule has 1 saturated heterocycles. The zero-order valence-electron chi connectivity index (χ0n) is 16.3. The number of carbonyl (C=O) groups is 2. The molecule has 1 unspecified atom stereocenters. The normalized spacial score (nSPS) is 24.0. The minimum Gasteiger partial charge on any atom is -0.503 e. The van der Waals surface area contributed by atoms with E-state index in [0.717, 1.165) is 25.3 Å². The van der Waals surface area contributed by atoms with E-state index < -0.39 is 40.9 Å². The van der Waals surface area contributed by atoms with E-state index in [4.69, 9.17) is 4.74 Å². The molecule has 1 aromatic carbocycles. The molecular weight excluding hydrogens is 412 g/mol. The van der Waals surface area contributed by atoms with Gasteiger partial charge in [-0.2, -0.15) is 0 Å². The van der Waals surface area contributed by atoms with Crippen LogP contribution in [-0.4, -0.2) is 44.8 Å². The van der Waals surface area contributed by atoms with Gasteiger partial charge < -0.3 is 24.6 Å². The number of pyridine rings is 1. The molecule has 10 heteroatoms. The van der Waals surface area contributed by atoms with Crippen LogP contribution in [0.1, 0.15) is 45.7 Å². The molecule has 2 N–H and O–H groups in total. The topological polar surface area (TPSA) is 101 Å². The van der Waals surface area contributed by atoms with Gasteiger partial charge in [0.25, 0.3) is 11.8 Å². The summed E-state index contributed by atoms with van der Waals surface area (Å²) in [5, 5.41) is 12.8. The second kappa shape index (κ2) is 7.16. The van der Waals surface area contributed by atoms with Crippen molar-refractivity contribution in [3.8, 4) is 5.75 Å². The molecule has 2 aliphatic heterocycles. The summed E-state index contributed by atoms with van der Waals surface area (Å²) < 4.78 is 34.1.